The summed E-state index contributed by atoms with van der Waals surface area (Å²) in [4.78, 5) is 25.7. The monoisotopic (exact) mass is 570 g/mol. The number of nitrogens with zero attached hydrogens (tertiary/aromatic N) is 5. The van der Waals surface area contributed by atoms with Gasteiger partial charge in [-0.25, -0.2) is 9.78 Å². The second-order valence-corrected chi connectivity index (χ2v) is 10.4. The standard InChI is InChI=1S/C30H28ClN7O3/c1-40-30(39)35-23-9-5-20(6-10-23)26-15-32-29(36-26)25(13-19-3-4-19)28-11-7-21(16-38(28)41-2)24-14-22(31)8-12-27(24)37-17-33-34-18-37/h5-12,14-19,25H,3-4,13H2,1-2H3,(H-,32,35,36,39)/p+1. The van der Waals surface area contributed by atoms with Crippen LogP contribution < -0.4 is 14.9 Å². The lowest BCUT2D eigenvalue weighted by atomic mass is 9.95. The van der Waals surface area contributed by atoms with E-state index < -0.39 is 6.09 Å². The number of carbonyl (C=O) groups is 1. The predicted molar refractivity (Wildman–Crippen MR) is 154 cm³/mol. The molecule has 1 fully saturated rings. The van der Waals surface area contributed by atoms with E-state index in [-0.39, 0.29) is 5.92 Å². The summed E-state index contributed by atoms with van der Waals surface area (Å²) in [7, 11) is 3.00. The lowest BCUT2D eigenvalue weighted by Crippen LogP contribution is -2.45. The Balaban J connectivity index is 1.33. The highest BCUT2D eigenvalue weighted by Crippen LogP contribution is 2.41. The molecule has 0 bridgehead atoms. The van der Waals surface area contributed by atoms with Gasteiger partial charge in [-0.2, -0.15) is 0 Å². The highest BCUT2D eigenvalue weighted by atomic mass is 35.5. The molecule has 1 saturated carbocycles. The molecule has 41 heavy (non-hydrogen) atoms. The molecule has 2 aromatic carbocycles. The fraction of sp³-hybridized carbons (Fsp3) is 0.233. The maximum absolute atomic E-state index is 11.5. The SMILES string of the molecule is COC(=O)Nc1ccc(-c2cnc(C(CC3CC3)c3ccc(-c4cc(Cl)ccc4-n4cnnc4)c[n+]3OC)[nH]2)cc1. The van der Waals surface area contributed by atoms with Gasteiger partial charge in [-0.3, -0.25) is 14.7 Å². The van der Waals surface area contributed by atoms with Crippen LogP contribution in [0.5, 0.6) is 0 Å². The first-order valence-electron chi connectivity index (χ1n) is 13.3. The van der Waals surface area contributed by atoms with Crippen molar-refractivity contribution in [2.75, 3.05) is 19.5 Å². The molecule has 1 amide bonds. The molecule has 3 heterocycles. The normalized spacial score (nSPS) is 13.5. The number of aromatic amines is 1. The molecular formula is C30H29ClN7O3+. The van der Waals surface area contributed by atoms with Gasteiger partial charge in [0.2, 0.25) is 11.9 Å². The van der Waals surface area contributed by atoms with E-state index >= 15 is 0 Å². The molecule has 2 N–H and O–H groups in total. The summed E-state index contributed by atoms with van der Waals surface area (Å²) < 4.78 is 8.34. The van der Waals surface area contributed by atoms with Crippen LogP contribution in [0.2, 0.25) is 5.02 Å². The van der Waals surface area contributed by atoms with Gasteiger partial charge in [-0.15, -0.1) is 10.2 Å². The maximum Gasteiger partial charge on any atom is 0.411 e. The van der Waals surface area contributed by atoms with Gasteiger partial charge in [0.05, 0.1) is 30.3 Å². The molecule has 6 rings (SSSR count). The lowest BCUT2D eigenvalue weighted by Gasteiger charge is -2.14. The van der Waals surface area contributed by atoms with Crippen molar-refractivity contribution < 1.29 is 19.1 Å². The van der Waals surface area contributed by atoms with Crippen molar-refractivity contribution >= 4 is 23.4 Å². The van der Waals surface area contributed by atoms with Gasteiger partial charge < -0.3 is 9.72 Å². The minimum atomic E-state index is -0.507. The van der Waals surface area contributed by atoms with Crippen LogP contribution >= 0.6 is 11.6 Å². The van der Waals surface area contributed by atoms with E-state index in [4.69, 9.17) is 21.4 Å². The molecule has 1 atom stereocenters. The molecule has 3 aromatic heterocycles. The summed E-state index contributed by atoms with van der Waals surface area (Å²) in [6.07, 6.45) is 10.0. The van der Waals surface area contributed by atoms with E-state index in [1.807, 2.05) is 64.2 Å². The van der Waals surface area contributed by atoms with Crippen LogP contribution in [0.1, 0.15) is 36.7 Å². The largest absolute Gasteiger partial charge is 0.453 e. The van der Waals surface area contributed by atoms with Crippen molar-refractivity contribution in [1.29, 1.82) is 0 Å². The number of ether oxygens (including phenoxy) is 1. The molecular weight excluding hydrogens is 542 g/mol. The van der Waals surface area contributed by atoms with Crippen LogP contribution in [-0.2, 0) is 4.74 Å². The Bertz CT molecular complexity index is 1660. The molecule has 0 radical (unpaired) electrons. The van der Waals surface area contributed by atoms with E-state index in [9.17, 15) is 4.79 Å². The number of benzene rings is 2. The first kappa shape index (κ1) is 26.5. The quantitative estimate of drug-likeness (QED) is 0.229. The van der Waals surface area contributed by atoms with E-state index in [1.165, 1.54) is 20.0 Å². The van der Waals surface area contributed by atoms with Crippen molar-refractivity contribution in [3.8, 4) is 28.1 Å². The smallest absolute Gasteiger partial charge is 0.411 e. The number of anilines is 1. The Kier molecular flexibility index (Phi) is 7.39. The van der Waals surface area contributed by atoms with Crippen LogP contribution in [-0.4, -0.2) is 45.0 Å². The summed E-state index contributed by atoms with van der Waals surface area (Å²) in [5.41, 5.74) is 6.28. The second kappa shape index (κ2) is 11.4. The van der Waals surface area contributed by atoms with Gasteiger partial charge in [0, 0.05) is 27.1 Å². The van der Waals surface area contributed by atoms with Gasteiger partial charge in [-0.05, 0) is 54.3 Å². The maximum atomic E-state index is 11.5. The summed E-state index contributed by atoms with van der Waals surface area (Å²) in [6.45, 7) is 0. The fourth-order valence-electron chi connectivity index (χ4n) is 4.99. The van der Waals surface area contributed by atoms with Crippen molar-refractivity contribution in [3.05, 3.63) is 96.2 Å². The highest BCUT2D eigenvalue weighted by Gasteiger charge is 2.35. The third-order valence-corrected chi connectivity index (χ3v) is 7.52. The van der Waals surface area contributed by atoms with Gasteiger partial charge in [0.25, 0.3) is 0 Å². The van der Waals surface area contributed by atoms with Gasteiger partial charge >= 0.3 is 6.09 Å². The minimum Gasteiger partial charge on any atom is -0.453 e. The third kappa shape index (κ3) is 5.78. The number of pyridine rings is 1. The zero-order chi connectivity index (χ0) is 28.3. The number of nitrogens with one attached hydrogen (secondary N) is 2. The topological polar surface area (TPSA) is 111 Å². The van der Waals surface area contributed by atoms with Crippen molar-refractivity contribution in [2.24, 2.45) is 5.92 Å². The number of methoxy groups -OCH3 is 1. The number of imidazole rings is 1. The average molecular weight is 571 g/mol. The number of H-pyrrole nitrogens is 1. The molecule has 1 unspecified atom stereocenters. The molecule has 1 aliphatic rings. The number of halogens is 1. The Morgan fingerprint density at radius 1 is 1.10 bits per heavy atom. The number of carbonyl (C=O) groups excluding carboxylic acids is 1. The lowest BCUT2D eigenvalue weighted by molar-refractivity contribution is -0.890. The summed E-state index contributed by atoms with van der Waals surface area (Å²) in [6, 6.07) is 17.4. The van der Waals surface area contributed by atoms with Gasteiger partial charge in [-0.1, -0.05) is 36.6 Å². The summed E-state index contributed by atoms with van der Waals surface area (Å²) in [5.74, 6) is 1.52. The average Bonchev–Trinajstić information content (AvgIpc) is 3.42. The summed E-state index contributed by atoms with van der Waals surface area (Å²) >= 11 is 6.40. The number of hydrogen-bond acceptors (Lipinski definition) is 6. The molecule has 10 nitrogen and oxygen atoms in total. The predicted octanol–water partition coefficient (Wildman–Crippen LogP) is 5.43. The van der Waals surface area contributed by atoms with E-state index in [0.717, 1.165) is 46.0 Å². The third-order valence-electron chi connectivity index (χ3n) is 7.28. The Labute approximate surface area is 241 Å². The molecule has 5 aromatic rings. The van der Waals surface area contributed by atoms with Crippen molar-refractivity contribution in [3.63, 3.8) is 0 Å². The number of amides is 1. The zero-order valence-electron chi connectivity index (χ0n) is 22.6. The molecule has 0 aliphatic heterocycles. The molecule has 208 valence electrons. The van der Waals surface area contributed by atoms with Crippen LogP contribution in [0.4, 0.5) is 10.5 Å². The zero-order valence-corrected chi connectivity index (χ0v) is 23.4. The first-order valence-corrected chi connectivity index (χ1v) is 13.7. The molecule has 0 spiro atoms. The van der Waals surface area contributed by atoms with Crippen molar-refractivity contribution in [2.45, 2.75) is 25.2 Å². The van der Waals surface area contributed by atoms with Gasteiger partial charge in [0.15, 0.2) is 0 Å². The number of aromatic nitrogens is 6. The van der Waals surface area contributed by atoms with E-state index in [2.05, 4.69) is 37.4 Å². The van der Waals surface area contributed by atoms with Crippen LogP contribution in [0.3, 0.4) is 0 Å². The van der Waals surface area contributed by atoms with Crippen molar-refractivity contribution in [1.82, 2.24) is 24.7 Å². The Hall–Kier alpha value is -4.70. The first-order chi connectivity index (χ1) is 20.0. The molecule has 11 heteroatoms. The number of rotatable bonds is 9. The Morgan fingerprint density at radius 3 is 2.56 bits per heavy atom. The highest BCUT2D eigenvalue weighted by molar-refractivity contribution is 6.31. The van der Waals surface area contributed by atoms with Crippen LogP contribution in [0.15, 0.2) is 79.6 Å². The summed E-state index contributed by atoms with van der Waals surface area (Å²) in [5, 5.41) is 11.2. The minimum absolute atomic E-state index is 0.00203. The fourth-order valence-corrected chi connectivity index (χ4v) is 5.16. The molecule has 0 saturated heterocycles. The van der Waals surface area contributed by atoms with Crippen LogP contribution in [0.25, 0.3) is 28.1 Å². The Morgan fingerprint density at radius 2 is 1.85 bits per heavy atom. The molecule has 1 aliphatic carbocycles. The van der Waals surface area contributed by atoms with E-state index in [0.29, 0.717) is 16.6 Å². The van der Waals surface area contributed by atoms with Gasteiger partial charge in [0.1, 0.15) is 31.5 Å². The van der Waals surface area contributed by atoms with E-state index in [1.54, 1.807) is 19.8 Å². The second-order valence-electron chi connectivity index (χ2n) is 9.99. The number of hydrogen-bond donors (Lipinski definition) is 2. The van der Waals surface area contributed by atoms with Crippen LogP contribution in [0, 0.1) is 5.92 Å².